The highest BCUT2D eigenvalue weighted by Gasteiger charge is 2.32. The second-order valence-corrected chi connectivity index (χ2v) is 8.78. The molecule has 1 atom stereocenters. The summed E-state index contributed by atoms with van der Waals surface area (Å²) >= 11 is 0. The number of nitrogens with two attached hydrogens (primary N) is 2. The maximum Gasteiger partial charge on any atom is 0.183 e. The lowest BCUT2D eigenvalue weighted by Crippen LogP contribution is -2.46. The van der Waals surface area contributed by atoms with E-state index in [2.05, 4.69) is 13.0 Å². The van der Waals surface area contributed by atoms with E-state index in [0.717, 1.165) is 17.4 Å². The SMILES string of the molecule is CCCCCCCC1CCC(C2=C(N)CC(N)(Oc3ccccc3)C=C2)CC1. The van der Waals surface area contributed by atoms with Gasteiger partial charge in [-0.05, 0) is 61.3 Å². The molecule has 1 fully saturated rings. The topological polar surface area (TPSA) is 61.3 Å². The Hall–Kier alpha value is -1.74. The van der Waals surface area contributed by atoms with Gasteiger partial charge in [-0.2, -0.15) is 0 Å². The van der Waals surface area contributed by atoms with E-state index in [-0.39, 0.29) is 0 Å². The molecular formula is C25H38N2O. The van der Waals surface area contributed by atoms with Gasteiger partial charge in [0.25, 0.3) is 0 Å². The second kappa shape index (κ2) is 10.2. The zero-order valence-corrected chi connectivity index (χ0v) is 17.5. The molecule has 1 saturated carbocycles. The van der Waals surface area contributed by atoms with Crippen molar-refractivity contribution in [3.8, 4) is 5.75 Å². The van der Waals surface area contributed by atoms with Crippen molar-refractivity contribution in [2.45, 2.75) is 83.3 Å². The Balaban J connectivity index is 1.47. The summed E-state index contributed by atoms with van der Waals surface area (Å²) in [5.41, 5.74) is 14.3. The summed E-state index contributed by atoms with van der Waals surface area (Å²) < 4.78 is 6.01. The molecule has 3 nitrogen and oxygen atoms in total. The Morgan fingerprint density at radius 2 is 1.71 bits per heavy atom. The highest BCUT2D eigenvalue weighted by molar-refractivity contribution is 5.36. The first-order valence-electron chi connectivity index (χ1n) is 11.3. The van der Waals surface area contributed by atoms with Crippen LogP contribution < -0.4 is 16.2 Å². The first-order valence-corrected chi connectivity index (χ1v) is 11.3. The molecule has 2 aliphatic rings. The summed E-state index contributed by atoms with van der Waals surface area (Å²) in [6.45, 7) is 2.28. The normalized spacial score (nSPS) is 27.8. The van der Waals surface area contributed by atoms with Gasteiger partial charge in [0.15, 0.2) is 5.72 Å². The van der Waals surface area contributed by atoms with Gasteiger partial charge in [0.05, 0.1) is 0 Å². The van der Waals surface area contributed by atoms with Gasteiger partial charge in [-0.3, -0.25) is 5.73 Å². The van der Waals surface area contributed by atoms with Crippen LogP contribution in [0.1, 0.15) is 77.6 Å². The molecule has 1 aromatic carbocycles. The molecule has 0 aliphatic heterocycles. The van der Waals surface area contributed by atoms with Crippen LogP contribution in [-0.4, -0.2) is 5.72 Å². The van der Waals surface area contributed by atoms with Crippen LogP contribution in [0.15, 0.2) is 53.8 Å². The average molecular weight is 383 g/mol. The Morgan fingerprint density at radius 3 is 2.39 bits per heavy atom. The third-order valence-electron chi connectivity index (χ3n) is 6.44. The molecule has 0 radical (unpaired) electrons. The van der Waals surface area contributed by atoms with Crippen molar-refractivity contribution in [2.24, 2.45) is 23.3 Å². The van der Waals surface area contributed by atoms with Gasteiger partial charge in [0.1, 0.15) is 5.75 Å². The van der Waals surface area contributed by atoms with E-state index in [4.69, 9.17) is 16.2 Å². The summed E-state index contributed by atoms with van der Waals surface area (Å²) in [6, 6.07) is 9.75. The zero-order chi connectivity index (χ0) is 19.8. The first kappa shape index (κ1) is 21.0. The number of para-hydroxylation sites is 1. The molecule has 0 spiro atoms. The Labute approximate surface area is 171 Å². The van der Waals surface area contributed by atoms with Crippen LogP contribution in [0.5, 0.6) is 5.75 Å². The smallest absolute Gasteiger partial charge is 0.183 e. The standard InChI is InChI=1S/C25H38N2O/c1-2-3-4-5-7-10-20-13-15-21(16-14-20)23-17-18-25(27,19-24(23)26)28-22-11-8-6-9-12-22/h6,8-9,11-12,17-18,20-21H,2-5,7,10,13-16,19,26-27H2,1H3. The lowest BCUT2D eigenvalue weighted by Gasteiger charge is -2.35. The van der Waals surface area contributed by atoms with Gasteiger partial charge in [0, 0.05) is 12.1 Å². The number of allylic oxidation sites excluding steroid dienone is 2. The summed E-state index contributed by atoms with van der Waals surface area (Å²) in [4.78, 5) is 0. The number of unbranched alkanes of at least 4 members (excludes halogenated alkanes) is 4. The zero-order valence-electron chi connectivity index (χ0n) is 17.5. The number of ether oxygens (including phenoxy) is 1. The Bertz CT molecular complexity index is 658. The predicted octanol–water partition coefficient (Wildman–Crippen LogP) is 6.06. The molecular weight excluding hydrogens is 344 g/mol. The van der Waals surface area contributed by atoms with Crippen molar-refractivity contribution in [3.05, 3.63) is 53.8 Å². The van der Waals surface area contributed by atoms with E-state index in [1.54, 1.807) is 0 Å². The largest absolute Gasteiger partial charge is 0.469 e. The molecule has 0 aromatic heterocycles. The van der Waals surface area contributed by atoms with Crippen molar-refractivity contribution in [2.75, 3.05) is 0 Å². The molecule has 2 aliphatic carbocycles. The van der Waals surface area contributed by atoms with E-state index in [1.165, 1.54) is 69.8 Å². The van der Waals surface area contributed by atoms with Crippen LogP contribution in [-0.2, 0) is 0 Å². The predicted molar refractivity (Wildman–Crippen MR) is 118 cm³/mol. The van der Waals surface area contributed by atoms with Gasteiger partial charge in [0.2, 0.25) is 0 Å². The van der Waals surface area contributed by atoms with Crippen LogP contribution in [0.4, 0.5) is 0 Å². The lowest BCUT2D eigenvalue weighted by molar-refractivity contribution is 0.124. The summed E-state index contributed by atoms with van der Waals surface area (Å²) in [5.74, 6) is 2.29. The van der Waals surface area contributed by atoms with Crippen molar-refractivity contribution in [1.82, 2.24) is 0 Å². The maximum atomic E-state index is 6.47. The third kappa shape index (κ3) is 5.88. The summed E-state index contributed by atoms with van der Waals surface area (Å²) in [6.07, 6.45) is 18.3. The number of hydrogen-bond acceptors (Lipinski definition) is 3. The van der Waals surface area contributed by atoms with Crippen LogP contribution in [0.3, 0.4) is 0 Å². The minimum atomic E-state index is -0.843. The van der Waals surface area contributed by atoms with Gasteiger partial charge >= 0.3 is 0 Å². The molecule has 154 valence electrons. The van der Waals surface area contributed by atoms with Crippen LogP contribution in [0.25, 0.3) is 0 Å². The quantitative estimate of drug-likeness (QED) is 0.403. The average Bonchev–Trinajstić information content (AvgIpc) is 2.69. The highest BCUT2D eigenvalue weighted by atomic mass is 16.5. The molecule has 0 heterocycles. The maximum absolute atomic E-state index is 6.47. The van der Waals surface area contributed by atoms with E-state index >= 15 is 0 Å². The first-order chi connectivity index (χ1) is 13.6. The Kier molecular flexibility index (Phi) is 7.61. The minimum absolute atomic E-state index is 0.561. The van der Waals surface area contributed by atoms with Crippen molar-refractivity contribution in [3.63, 3.8) is 0 Å². The monoisotopic (exact) mass is 382 g/mol. The fourth-order valence-corrected chi connectivity index (χ4v) is 4.77. The second-order valence-electron chi connectivity index (χ2n) is 8.78. The van der Waals surface area contributed by atoms with Crippen molar-refractivity contribution < 1.29 is 4.74 Å². The molecule has 3 rings (SSSR count). The number of rotatable bonds is 9. The van der Waals surface area contributed by atoms with E-state index in [1.807, 2.05) is 36.4 Å². The molecule has 3 heteroatoms. The fourth-order valence-electron chi connectivity index (χ4n) is 4.77. The fraction of sp³-hybridized carbons (Fsp3) is 0.600. The highest BCUT2D eigenvalue weighted by Crippen LogP contribution is 2.39. The lowest BCUT2D eigenvalue weighted by atomic mass is 9.75. The van der Waals surface area contributed by atoms with Gasteiger partial charge in [-0.25, -0.2) is 0 Å². The number of benzene rings is 1. The van der Waals surface area contributed by atoms with Gasteiger partial charge < -0.3 is 10.5 Å². The third-order valence-corrected chi connectivity index (χ3v) is 6.44. The summed E-state index contributed by atoms with van der Waals surface area (Å²) in [7, 11) is 0. The van der Waals surface area contributed by atoms with E-state index < -0.39 is 5.72 Å². The number of hydrogen-bond donors (Lipinski definition) is 2. The molecule has 0 bridgehead atoms. The van der Waals surface area contributed by atoms with Gasteiger partial charge in [-0.15, -0.1) is 0 Å². The molecule has 4 N–H and O–H groups in total. The van der Waals surface area contributed by atoms with Gasteiger partial charge in [-0.1, -0.05) is 69.7 Å². The van der Waals surface area contributed by atoms with Crippen LogP contribution in [0.2, 0.25) is 0 Å². The summed E-state index contributed by atoms with van der Waals surface area (Å²) in [5, 5.41) is 0. The Morgan fingerprint density at radius 1 is 1.00 bits per heavy atom. The van der Waals surface area contributed by atoms with Crippen LogP contribution >= 0.6 is 0 Å². The van der Waals surface area contributed by atoms with E-state index in [9.17, 15) is 0 Å². The molecule has 0 saturated heterocycles. The molecule has 0 amide bonds. The molecule has 1 aromatic rings. The van der Waals surface area contributed by atoms with Crippen molar-refractivity contribution >= 4 is 0 Å². The molecule has 28 heavy (non-hydrogen) atoms. The minimum Gasteiger partial charge on any atom is -0.469 e. The van der Waals surface area contributed by atoms with E-state index in [0.29, 0.717) is 12.3 Å². The van der Waals surface area contributed by atoms with Crippen molar-refractivity contribution in [1.29, 1.82) is 0 Å². The molecule has 1 unspecified atom stereocenters. The van der Waals surface area contributed by atoms with Crippen LogP contribution in [0, 0.1) is 11.8 Å².